The summed E-state index contributed by atoms with van der Waals surface area (Å²) < 4.78 is 0. The lowest BCUT2D eigenvalue weighted by molar-refractivity contribution is -0.133. The fourth-order valence-corrected chi connectivity index (χ4v) is 1.42. The molecule has 2 nitrogen and oxygen atoms in total. The summed E-state index contributed by atoms with van der Waals surface area (Å²) in [4.78, 5) is 13.5. The molecule has 0 aromatic rings. The smallest absolute Gasteiger partial charge is 0.223 e. The number of hydrogen-bond acceptors (Lipinski definition) is 2. The molecule has 0 saturated carbocycles. The van der Waals surface area contributed by atoms with Gasteiger partial charge in [0, 0.05) is 19.0 Å². The molecule has 0 spiro atoms. The SMILES string of the molecule is CC(C)CN(C(=O)CCS)C(C)C. The summed E-state index contributed by atoms with van der Waals surface area (Å²) in [6, 6.07) is 0.301. The fraction of sp³-hybridized carbons (Fsp3) is 0.900. The summed E-state index contributed by atoms with van der Waals surface area (Å²) in [5.74, 6) is 1.39. The number of hydrogen-bond donors (Lipinski definition) is 1. The number of nitrogens with zero attached hydrogens (tertiary/aromatic N) is 1. The van der Waals surface area contributed by atoms with Crippen LogP contribution in [0.15, 0.2) is 0 Å². The van der Waals surface area contributed by atoms with Crippen LogP contribution in [0.3, 0.4) is 0 Å². The van der Waals surface area contributed by atoms with E-state index in [4.69, 9.17) is 0 Å². The summed E-state index contributed by atoms with van der Waals surface area (Å²) in [5.41, 5.74) is 0. The number of amides is 1. The quantitative estimate of drug-likeness (QED) is 0.679. The highest BCUT2D eigenvalue weighted by Crippen LogP contribution is 2.06. The molecule has 0 unspecified atom stereocenters. The Kier molecular flexibility index (Phi) is 6.21. The average Bonchev–Trinajstić information content (AvgIpc) is 1.99. The third-order valence-electron chi connectivity index (χ3n) is 1.83. The minimum Gasteiger partial charge on any atom is -0.340 e. The second kappa shape index (κ2) is 6.30. The standard InChI is InChI=1S/C10H21NOS/c1-8(2)7-11(9(3)4)10(12)5-6-13/h8-9,13H,5-7H2,1-4H3. The van der Waals surface area contributed by atoms with Crippen molar-refractivity contribution in [2.24, 2.45) is 5.92 Å². The zero-order chi connectivity index (χ0) is 10.4. The molecule has 78 valence electrons. The van der Waals surface area contributed by atoms with E-state index in [1.54, 1.807) is 0 Å². The molecular weight excluding hydrogens is 182 g/mol. The average molecular weight is 203 g/mol. The first-order chi connectivity index (χ1) is 5.99. The van der Waals surface area contributed by atoms with Crippen LogP contribution in [0.25, 0.3) is 0 Å². The lowest BCUT2D eigenvalue weighted by atomic mass is 10.1. The minimum atomic E-state index is 0.221. The molecule has 1 amide bonds. The van der Waals surface area contributed by atoms with Crippen molar-refractivity contribution in [3.05, 3.63) is 0 Å². The first-order valence-electron chi connectivity index (χ1n) is 4.89. The Morgan fingerprint density at radius 2 is 1.85 bits per heavy atom. The number of carbonyl (C=O) groups excluding carboxylic acids is 1. The maximum atomic E-state index is 11.6. The van der Waals surface area contributed by atoms with Gasteiger partial charge in [0.25, 0.3) is 0 Å². The molecule has 0 rings (SSSR count). The van der Waals surface area contributed by atoms with Gasteiger partial charge in [-0.15, -0.1) is 0 Å². The molecule has 3 heteroatoms. The van der Waals surface area contributed by atoms with Gasteiger partial charge in [-0.25, -0.2) is 0 Å². The van der Waals surface area contributed by atoms with E-state index >= 15 is 0 Å². The molecule has 0 saturated heterocycles. The highest BCUT2D eigenvalue weighted by atomic mass is 32.1. The normalized spacial score (nSPS) is 11.0. The van der Waals surface area contributed by atoms with Gasteiger partial charge in [-0.05, 0) is 25.5 Å². The van der Waals surface area contributed by atoms with Gasteiger partial charge in [0.2, 0.25) is 5.91 Å². The molecule has 0 aliphatic rings. The molecule has 0 fully saturated rings. The second-order valence-electron chi connectivity index (χ2n) is 4.01. The highest BCUT2D eigenvalue weighted by molar-refractivity contribution is 7.80. The Morgan fingerprint density at radius 3 is 2.15 bits per heavy atom. The zero-order valence-electron chi connectivity index (χ0n) is 9.08. The van der Waals surface area contributed by atoms with Crippen molar-refractivity contribution in [1.82, 2.24) is 4.90 Å². The van der Waals surface area contributed by atoms with Crippen molar-refractivity contribution in [3.63, 3.8) is 0 Å². The lowest BCUT2D eigenvalue weighted by Crippen LogP contribution is -2.39. The van der Waals surface area contributed by atoms with E-state index in [2.05, 4.69) is 40.3 Å². The van der Waals surface area contributed by atoms with Crippen molar-refractivity contribution in [3.8, 4) is 0 Å². The second-order valence-corrected chi connectivity index (χ2v) is 4.45. The Labute approximate surface area is 87.1 Å². The lowest BCUT2D eigenvalue weighted by Gasteiger charge is -2.28. The van der Waals surface area contributed by atoms with Gasteiger partial charge >= 0.3 is 0 Å². The van der Waals surface area contributed by atoms with Crippen molar-refractivity contribution in [2.45, 2.75) is 40.2 Å². The summed E-state index contributed by atoms with van der Waals surface area (Å²) in [7, 11) is 0. The third kappa shape index (κ3) is 5.19. The molecule has 0 aliphatic heterocycles. The van der Waals surface area contributed by atoms with Crippen LogP contribution in [-0.2, 0) is 4.79 Å². The van der Waals surface area contributed by atoms with E-state index < -0.39 is 0 Å². The fourth-order valence-electron chi connectivity index (χ4n) is 1.23. The van der Waals surface area contributed by atoms with E-state index in [9.17, 15) is 4.79 Å². The van der Waals surface area contributed by atoms with E-state index in [0.29, 0.717) is 24.1 Å². The van der Waals surface area contributed by atoms with Gasteiger partial charge in [-0.2, -0.15) is 12.6 Å². The topological polar surface area (TPSA) is 20.3 Å². The van der Waals surface area contributed by atoms with Crippen molar-refractivity contribution in [2.75, 3.05) is 12.3 Å². The van der Waals surface area contributed by atoms with Gasteiger partial charge in [0.1, 0.15) is 0 Å². The molecule has 0 aromatic carbocycles. The maximum absolute atomic E-state index is 11.6. The zero-order valence-corrected chi connectivity index (χ0v) is 9.97. The predicted molar refractivity (Wildman–Crippen MR) is 60.2 cm³/mol. The van der Waals surface area contributed by atoms with Gasteiger partial charge in [-0.1, -0.05) is 13.8 Å². The van der Waals surface area contributed by atoms with E-state index in [0.717, 1.165) is 6.54 Å². The number of carbonyl (C=O) groups is 1. The monoisotopic (exact) mass is 203 g/mol. The number of thiol groups is 1. The van der Waals surface area contributed by atoms with Crippen LogP contribution in [0.2, 0.25) is 0 Å². The van der Waals surface area contributed by atoms with Crippen LogP contribution < -0.4 is 0 Å². The number of rotatable bonds is 5. The van der Waals surface area contributed by atoms with Gasteiger partial charge in [0.05, 0.1) is 0 Å². The molecule has 0 radical (unpaired) electrons. The molecule has 13 heavy (non-hydrogen) atoms. The Morgan fingerprint density at radius 1 is 1.31 bits per heavy atom. The van der Waals surface area contributed by atoms with Crippen molar-refractivity contribution >= 4 is 18.5 Å². The Balaban J connectivity index is 4.15. The van der Waals surface area contributed by atoms with Crippen LogP contribution in [0.5, 0.6) is 0 Å². The molecule has 0 bridgehead atoms. The molecule has 0 aliphatic carbocycles. The van der Waals surface area contributed by atoms with Crippen LogP contribution >= 0.6 is 12.6 Å². The first-order valence-corrected chi connectivity index (χ1v) is 5.52. The highest BCUT2D eigenvalue weighted by Gasteiger charge is 2.16. The van der Waals surface area contributed by atoms with Gasteiger partial charge in [0.15, 0.2) is 0 Å². The van der Waals surface area contributed by atoms with Crippen LogP contribution in [-0.4, -0.2) is 29.1 Å². The van der Waals surface area contributed by atoms with Gasteiger partial charge in [-0.3, -0.25) is 4.79 Å². The molecule has 0 N–H and O–H groups in total. The largest absolute Gasteiger partial charge is 0.340 e. The first kappa shape index (κ1) is 12.8. The Hall–Kier alpha value is -0.180. The van der Waals surface area contributed by atoms with Crippen LogP contribution in [0.1, 0.15) is 34.1 Å². The molecule has 0 heterocycles. The van der Waals surface area contributed by atoms with E-state index in [1.165, 1.54) is 0 Å². The summed E-state index contributed by atoms with van der Waals surface area (Å²) in [6.45, 7) is 9.22. The van der Waals surface area contributed by atoms with E-state index in [1.807, 2.05) is 4.90 Å². The van der Waals surface area contributed by atoms with Crippen molar-refractivity contribution in [1.29, 1.82) is 0 Å². The van der Waals surface area contributed by atoms with Crippen LogP contribution in [0.4, 0.5) is 0 Å². The molecular formula is C10H21NOS. The predicted octanol–water partition coefficient (Wildman–Crippen LogP) is 2.20. The molecule has 0 aromatic heterocycles. The van der Waals surface area contributed by atoms with Crippen LogP contribution in [0, 0.1) is 5.92 Å². The van der Waals surface area contributed by atoms with Gasteiger partial charge < -0.3 is 4.90 Å². The summed E-state index contributed by atoms with van der Waals surface area (Å²) >= 11 is 4.07. The molecule has 0 atom stereocenters. The maximum Gasteiger partial charge on any atom is 0.223 e. The summed E-state index contributed by atoms with van der Waals surface area (Å²) in [5, 5.41) is 0. The third-order valence-corrected chi connectivity index (χ3v) is 2.05. The Bertz CT molecular complexity index is 157. The van der Waals surface area contributed by atoms with Crippen molar-refractivity contribution < 1.29 is 4.79 Å². The minimum absolute atomic E-state index is 0.221. The summed E-state index contributed by atoms with van der Waals surface area (Å²) in [6.07, 6.45) is 0.550. The van der Waals surface area contributed by atoms with E-state index in [-0.39, 0.29) is 5.91 Å².